The van der Waals surface area contributed by atoms with Gasteiger partial charge in [0.05, 0.1) is 38.8 Å². The largest absolute Gasteiger partial charge is 0.383 e. The molecule has 0 fully saturated rings. The summed E-state index contributed by atoms with van der Waals surface area (Å²) in [6.45, 7) is 0.939. The third-order valence-electron chi connectivity index (χ3n) is 5.99. The zero-order chi connectivity index (χ0) is 26.3. The number of hydrogen-bond acceptors (Lipinski definition) is 5. The predicted octanol–water partition coefficient (Wildman–Crippen LogP) is 5.99. The smallest absolute Gasteiger partial charge is 0.258 e. The van der Waals surface area contributed by atoms with Crippen molar-refractivity contribution >= 4 is 62.8 Å². The van der Waals surface area contributed by atoms with Crippen LogP contribution < -0.4 is 10.2 Å². The highest BCUT2D eigenvalue weighted by Crippen LogP contribution is 2.33. The highest BCUT2D eigenvalue weighted by Gasteiger charge is 2.19. The van der Waals surface area contributed by atoms with Crippen LogP contribution in [-0.4, -0.2) is 53.2 Å². The first-order valence-corrected chi connectivity index (χ1v) is 12.1. The van der Waals surface area contributed by atoms with Gasteiger partial charge in [-0.15, -0.1) is 0 Å². The lowest BCUT2D eigenvalue weighted by molar-refractivity contribution is 0.102. The second-order valence-corrected chi connectivity index (χ2v) is 9.45. The van der Waals surface area contributed by atoms with Crippen molar-refractivity contribution in [2.24, 2.45) is 0 Å². The molecule has 0 aliphatic carbocycles. The van der Waals surface area contributed by atoms with Gasteiger partial charge >= 0.3 is 0 Å². The highest BCUT2D eigenvalue weighted by molar-refractivity contribution is 6.36. The molecule has 0 saturated carbocycles. The summed E-state index contributed by atoms with van der Waals surface area (Å²) in [6.07, 6.45) is 0. The van der Waals surface area contributed by atoms with Gasteiger partial charge in [0.2, 0.25) is 5.95 Å². The van der Waals surface area contributed by atoms with E-state index in [1.165, 1.54) is 18.2 Å². The van der Waals surface area contributed by atoms with Crippen LogP contribution in [0.25, 0.3) is 33.5 Å². The normalized spacial score (nSPS) is 11.4. The van der Waals surface area contributed by atoms with Crippen LogP contribution >= 0.6 is 23.2 Å². The molecule has 2 N–H and O–H groups in total. The van der Waals surface area contributed by atoms with Gasteiger partial charge in [0, 0.05) is 39.0 Å². The number of amides is 1. The van der Waals surface area contributed by atoms with Crippen molar-refractivity contribution < 1.29 is 13.9 Å². The summed E-state index contributed by atoms with van der Waals surface area (Å²) in [5.74, 6) is -0.332. The molecule has 190 valence electrons. The van der Waals surface area contributed by atoms with Crippen LogP contribution in [0.15, 0.2) is 48.5 Å². The monoisotopic (exact) mass is 540 g/mol. The predicted molar refractivity (Wildman–Crippen MR) is 145 cm³/mol. The number of H-pyrrole nitrogens is 1. The van der Waals surface area contributed by atoms with E-state index < -0.39 is 11.7 Å². The molecular weight excluding hydrogens is 518 g/mol. The molecule has 8 nitrogen and oxygen atoms in total. The number of carbonyl (C=O) groups excluding carboxylic acids is 1. The molecule has 3 aromatic carbocycles. The van der Waals surface area contributed by atoms with E-state index in [0.717, 1.165) is 16.7 Å². The van der Waals surface area contributed by atoms with Crippen molar-refractivity contribution in [3.63, 3.8) is 0 Å². The maximum atomic E-state index is 14.4. The molecule has 0 aliphatic heterocycles. The molecule has 2 heterocycles. The van der Waals surface area contributed by atoms with Gasteiger partial charge in [-0.25, -0.2) is 14.4 Å². The molecule has 0 spiro atoms. The minimum Gasteiger partial charge on any atom is -0.383 e. The number of carbonyl (C=O) groups is 1. The second-order valence-electron chi connectivity index (χ2n) is 8.64. The van der Waals surface area contributed by atoms with Crippen molar-refractivity contribution in [3.8, 4) is 11.4 Å². The number of ether oxygens (including phenoxy) is 1. The van der Waals surface area contributed by atoms with Crippen molar-refractivity contribution in [2.45, 2.75) is 6.54 Å². The van der Waals surface area contributed by atoms with Crippen molar-refractivity contribution in [2.75, 3.05) is 38.0 Å². The summed E-state index contributed by atoms with van der Waals surface area (Å²) in [4.78, 5) is 27.4. The fourth-order valence-corrected chi connectivity index (χ4v) is 4.64. The number of imidazole rings is 2. The fourth-order valence-electron chi connectivity index (χ4n) is 4.12. The lowest BCUT2D eigenvalue weighted by Crippen LogP contribution is -2.17. The molecule has 1 amide bonds. The van der Waals surface area contributed by atoms with E-state index in [-0.39, 0.29) is 27.0 Å². The first kappa shape index (κ1) is 25.0. The third kappa shape index (κ3) is 4.73. The molecule has 0 atom stereocenters. The maximum Gasteiger partial charge on any atom is 0.258 e. The minimum absolute atomic E-state index is 0.131. The molecule has 0 radical (unpaired) electrons. The number of aromatic nitrogens is 4. The van der Waals surface area contributed by atoms with Gasteiger partial charge in [0.15, 0.2) is 0 Å². The molecule has 2 aromatic heterocycles. The second kappa shape index (κ2) is 10.0. The number of nitrogens with zero attached hydrogens (tertiary/aromatic N) is 4. The number of rotatable bonds is 7. The Morgan fingerprint density at radius 3 is 2.68 bits per heavy atom. The Hall–Kier alpha value is -3.66. The van der Waals surface area contributed by atoms with E-state index in [2.05, 4.69) is 20.3 Å². The molecular formula is C26H23Cl2FN6O2. The van der Waals surface area contributed by atoms with Gasteiger partial charge < -0.3 is 19.2 Å². The summed E-state index contributed by atoms with van der Waals surface area (Å²) in [7, 11) is 5.52. The van der Waals surface area contributed by atoms with Crippen LogP contribution in [0.3, 0.4) is 0 Å². The maximum absolute atomic E-state index is 14.4. The van der Waals surface area contributed by atoms with Crippen molar-refractivity contribution in [1.29, 1.82) is 0 Å². The summed E-state index contributed by atoms with van der Waals surface area (Å²) in [5, 5.41) is 3.34. The van der Waals surface area contributed by atoms with Gasteiger partial charge in [-0.2, -0.15) is 0 Å². The number of aromatic amines is 1. The number of hydrogen-bond donors (Lipinski definition) is 2. The zero-order valence-corrected chi connectivity index (χ0v) is 21.8. The molecule has 0 unspecified atom stereocenters. The fraction of sp³-hybridized carbons (Fsp3) is 0.192. The van der Waals surface area contributed by atoms with E-state index in [4.69, 9.17) is 27.9 Å². The topological polar surface area (TPSA) is 88.1 Å². The van der Waals surface area contributed by atoms with Crippen LogP contribution in [0.4, 0.5) is 16.0 Å². The number of anilines is 2. The average molecular weight is 541 g/mol. The van der Waals surface area contributed by atoms with E-state index in [1.54, 1.807) is 19.2 Å². The third-order valence-corrected chi connectivity index (χ3v) is 6.60. The number of benzene rings is 3. The molecule has 0 aliphatic rings. The van der Waals surface area contributed by atoms with Gasteiger partial charge in [-0.3, -0.25) is 10.1 Å². The summed E-state index contributed by atoms with van der Waals surface area (Å²) >= 11 is 12.7. The minimum atomic E-state index is -0.520. The lowest BCUT2D eigenvalue weighted by atomic mass is 10.2. The van der Waals surface area contributed by atoms with E-state index in [1.807, 2.05) is 41.8 Å². The van der Waals surface area contributed by atoms with Crippen LogP contribution in [0, 0.1) is 5.82 Å². The van der Waals surface area contributed by atoms with E-state index in [9.17, 15) is 9.18 Å². The quantitative estimate of drug-likeness (QED) is 0.264. The molecule has 0 saturated heterocycles. The van der Waals surface area contributed by atoms with Crippen LogP contribution in [0.1, 0.15) is 10.4 Å². The summed E-state index contributed by atoms with van der Waals surface area (Å²) in [6, 6.07) is 13.4. The number of halogens is 3. The Morgan fingerprint density at radius 2 is 1.95 bits per heavy atom. The standard InChI is InChI=1S/C26H23Cl2FN6O2/c1-34(2)15-7-8-21-19(13-15)31-26(35(21)9-10-37-3)33-25(36)14-11-17(28)23-20(12-14)30-24(32-23)22-16(27)5-4-6-18(22)29/h4-8,11-13H,9-10H2,1-3H3,(H,30,32)(H,31,33,36). The van der Waals surface area contributed by atoms with E-state index >= 15 is 0 Å². The van der Waals surface area contributed by atoms with Crippen molar-refractivity contribution in [1.82, 2.24) is 19.5 Å². The molecule has 5 aromatic rings. The van der Waals surface area contributed by atoms with Gasteiger partial charge in [-0.05, 0) is 42.5 Å². The first-order chi connectivity index (χ1) is 17.8. The van der Waals surface area contributed by atoms with Crippen LogP contribution in [-0.2, 0) is 11.3 Å². The number of methoxy groups -OCH3 is 1. The Balaban J connectivity index is 1.51. The molecule has 5 rings (SSSR count). The SMILES string of the molecule is COCCn1c(NC(=O)c2cc(Cl)c3nc(-c4c(F)cccc4Cl)[nH]c3c2)nc2cc(N(C)C)ccc21. The molecule has 0 bridgehead atoms. The molecule has 11 heteroatoms. The molecule has 37 heavy (non-hydrogen) atoms. The van der Waals surface area contributed by atoms with Crippen LogP contribution in [0.2, 0.25) is 10.0 Å². The summed E-state index contributed by atoms with van der Waals surface area (Å²) < 4.78 is 21.6. The Morgan fingerprint density at radius 1 is 1.14 bits per heavy atom. The Labute approximate surface area is 222 Å². The van der Waals surface area contributed by atoms with Gasteiger partial charge in [-0.1, -0.05) is 29.3 Å². The number of nitrogens with one attached hydrogen (secondary N) is 2. The van der Waals surface area contributed by atoms with Gasteiger partial charge in [0.25, 0.3) is 5.91 Å². The zero-order valence-electron chi connectivity index (χ0n) is 20.3. The van der Waals surface area contributed by atoms with Gasteiger partial charge in [0.1, 0.15) is 17.2 Å². The summed E-state index contributed by atoms with van der Waals surface area (Å²) in [5.41, 5.74) is 3.88. The van der Waals surface area contributed by atoms with Crippen LogP contribution in [0.5, 0.6) is 0 Å². The highest BCUT2D eigenvalue weighted by atomic mass is 35.5. The van der Waals surface area contributed by atoms with E-state index in [0.29, 0.717) is 30.1 Å². The number of fused-ring (bicyclic) bond motifs is 2. The Bertz CT molecular complexity index is 1630. The van der Waals surface area contributed by atoms with Crippen molar-refractivity contribution in [3.05, 3.63) is 70.0 Å². The first-order valence-electron chi connectivity index (χ1n) is 11.4. The Kier molecular flexibility index (Phi) is 6.76. The lowest BCUT2D eigenvalue weighted by Gasteiger charge is -2.12. The average Bonchev–Trinajstić information content (AvgIpc) is 3.43.